The van der Waals surface area contributed by atoms with E-state index in [0.717, 1.165) is 5.56 Å². The van der Waals surface area contributed by atoms with Crippen molar-refractivity contribution in [2.75, 3.05) is 19.8 Å². The van der Waals surface area contributed by atoms with E-state index in [4.69, 9.17) is 4.74 Å². The second kappa shape index (κ2) is 5.70. The Labute approximate surface area is 113 Å². The monoisotopic (exact) mass is 265 g/mol. The van der Waals surface area contributed by atoms with Gasteiger partial charge in [0.1, 0.15) is 5.82 Å². The van der Waals surface area contributed by atoms with E-state index in [2.05, 4.69) is 0 Å². The molecule has 1 aromatic rings. The molecule has 2 rings (SSSR count). The molecule has 1 amide bonds. The molecule has 0 aromatic heterocycles. The average molecular weight is 265 g/mol. The minimum Gasteiger partial charge on any atom is -0.377 e. The molecule has 0 atom stereocenters. The molecule has 0 bridgehead atoms. The molecule has 0 saturated carbocycles. The Morgan fingerprint density at radius 1 is 1.47 bits per heavy atom. The van der Waals surface area contributed by atoms with Crippen LogP contribution in [0.2, 0.25) is 0 Å². The molecular weight excluding hydrogens is 245 g/mol. The molecule has 1 aliphatic heterocycles. The first-order chi connectivity index (χ1) is 8.99. The van der Waals surface area contributed by atoms with Crippen molar-refractivity contribution >= 4 is 5.91 Å². The Morgan fingerprint density at radius 2 is 2.26 bits per heavy atom. The quantitative estimate of drug-likeness (QED) is 0.840. The predicted octanol–water partition coefficient (Wildman–Crippen LogP) is 2.40. The van der Waals surface area contributed by atoms with Gasteiger partial charge in [0.15, 0.2) is 0 Å². The highest BCUT2D eigenvalue weighted by Gasteiger charge is 2.33. The molecule has 0 N–H and O–H groups in total. The van der Waals surface area contributed by atoms with Crippen molar-refractivity contribution in [3.63, 3.8) is 0 Å². The Morgan fingerprint density at radius 3 is 2.95 bits per heavy atom. The minimum absolute atomic E-state index is 0.109. The number of ether oxygens (including phenoxy) is 1. The molecule has 0 spiro atoms. The van der Waals surface area contributed by atoms with Gasteiger partial charge in [-0.2, -0.15) is 0 Å². The summed E-state index contributed by atoms with van der Waals surface area (Å²) in [5.74, 6) is -0.144. The number of amides is 1. The van der Waals surface area contributed by atoms with Gasteiger partial charge in [0.2, 0.25) is 5.91 Å². The summed E-state index contributed by atoms with van der Waals surface area (Å²) in [4.78, 5) is 14.1. The maximum atomic E-state index is 13.1. The number of rotatable bonds is 3. The van der Waals surface area contributed by atoms with Crippen molar-refractivity contribution in [1.29, 1.82) is 0 Å². The van der Waals surface area contributed by atoms with Gasteiger partial charge in [-0.05, 0) is 38.0 Å². The van der Waals surface area contributed by atoms with Crippen LogP contribution in [-0.2, 0) is 16.0 Å². The summed E-state index contributed by atoms with van der Waals surface area (Å²) in [6.07, 6.45) is 0.983. The van der Waals surface area contributed by atoms with Crippen molar-refractivity contribution in [1.82, 2.24) is 4.90 Å². The summed E-state index contributed by atoms with van der Waals surface area (Å²) in [6, 6.07) is 6.42. The van der Waals surface area contributed by atoms with Gasteiger partial charge in [0.05, 0.1) is 18.8 Å². The van der Waals surface area contributed by atoms with Crippen LogP contribution in [0.25, 0.3) is 0 Å². The lowest BCUT2D eigenvalue weighted by molar-refractivity contribution is -0.146. The molecule has 0 unspecified atom stereocenters. The number of morpholine rings is 1. The van der Waals surface area contributed by atoms with Crippen LogP contribution < -0.4 is 0 Å². The molecule has 1 fully saturated rings. The number of benzene rings is 1. The molecule has 0 radical (unpaired) electrons. The van der Waals surface area contributed by atoms with E-state index in [-0.39, 0.29) is 17.3 Å². The van der Waals surface area contributed by atoms with E-state index in [9.17, 15) is 9.18 Å². The van der Waals surface area contributed by atoms with E-state index in [0.29, 0.717) is 32.6 Å². The average Bonchev–Trinajstić information content (AvgIpc) is 2.35. The van der Waals surface area contributed by atoms with E-state index in [1.165, 1.54) is 12.1 Å². The van der Waals surface area contributed by atoms with Crippen LogP contribution in [0.15, 0.2) is 24.3 Å². The number of halogens is 1. The number of hydrogen-bond donors (Lipinski definition) is 0. The smallest absolute Gasteiger partial charge is 0.223 e. The zero-order valence-corrected chi connectivity index (χ0v) is 11.5. The van der Waals surface area contributed by atoms with Crippen LogP contribution in [0.3, 0.4) is 0 Å². The Hall–Kier alpha value is -1.42. The minimum atomic E-state index is -0.253. The summed E-state index contributed by atoms with van der Waals surface area (Å²) in [6.45, 7) is 5.81. The second-order valence-corrected chi connectivity index (χ2v) is 5.54. The molecule has 1 heterocycles. The predicted molar refractivity (Wildman–Crippen MR) is 71.3 cm³/mol. The van der Waals surface area contributed by atoms with Crippen LogP contribution in [0, 0.1) is 5.82 Å². The second-order valence-electron chi connectivity index (χ2n) is 5.54. The molecule has 4 heteroatoms. The number of nitrogens with zero attached hydrogens (tertiary/aromatic N) is 1. The fraction of sp³-hybridized carbons (Fsp3) is 0.533. The summed E-state index contributed by atoms with van der Waals surface area (Å²) in [5.41, 5.74) is 0.608. The van der Waals surface area contributed by atoms with Crippen molar-refractivity contribution in [2.45, 2.75) is 32.2 Å². The Kier molecular flexibility index (Phi) is 4.20. The maximum absolute atomic E-state index is 13.1. The van der Waals surface area contributed by atoms with Gasteiger partial charge < -0.3 is 9.64 Å². The number of carbonyl (C=O) groups is 1. The van der Waals surface area contributed by atoms with Crippen LogP contribution in [0.4, 0.5) is 4.39 Å². The zero-order chi connectivity index (χ0) is 13.9. The SMILES string of the molecule is CC1(C)COCCN1C(=O)CCc1cccc(F)c1. The van der Waals surface area contributed by atoms with E-state index < -0.39 is 0 Å². The highest BCUT2D eigenvalue weighted by molar-refractivity contribution is 5.77. The fourth-order valence-electron chi connectivity index (χ4n) is 2.40. The van der Waals surface area contributed by atoms with E-state index in [1.54, 1.807) is 6.07 Å². The highest BCUT2D eigenvalue weighted by Crippen LogP contribution is 2.20. The molecule has 19 heavy (non-hydrogen) atoms. The molecule has 3 nitrogen and oxygen atoms in total. The maximum Gasteiger partial charge on any atom is 0.223 e. The van der Waals surface area contributed by atoms with Gasteiger partial charge in [-0.25, -0.2) is 4.39 Å². The first-order valence-corrected chi connectivity index (χ1v) is 6.62. The molecule has 1 aromatic carbocycles. The number of aryl methyl sites for hydroxylation is 1. The lowest BCUT2D eigenvalue weighted by atomic mass is 10.0. The summed E-state index contributed by atoms with van der Waals surface area (Å²) < 4.78 is 18.5. The zero-order valence-electron chi connectivity index (χ0n) is 11.5. The van der Waals surface area contributed by atoms with Crippen molar-refractivity contribution in [2.24, 2.45) is 0 Å². The normalized spacial score (nSPS) is 18.4. The van der Waals surface area contributed by atoms with Crippen LogP contribution in [0.1, 0.15) is 25.8 Å². The van der Waals surface area contributed by atoms with Gasteiger partial charge in [-0.3, -0.25) is 4.79 Å². The highest BCUT2D eigenvalue weighted by atomic mass is 19.1. The molecule has 1 saturated heterocycles. The van der Waals surface area contributed by atoms with Crippen molar-refractivity contribution in [3.8, 4) is 0 Å². The molecule has 1 aliphatic rings. The van der Waals surface area contributed by atoms with E-state index >= 15 is 0 Å². The fourth-order valence-corrected chi connectivity index (χ4v) is 2.40. The van der Waals surface area contributed by atoms with Gasteiger partial charge in [-0.15, -0.1) is 0 Å². The first-order valence-electron chi connectivity index (χ1n) is 6.62. The van der Waals surface area contributed by atoms with Crippen LogP contribution >= 0.6 is 0 Å². The topological polar surface area (TPSA) is 29.5 Å². The third kappa shape index (κ3) is 3.53. The molecule has 104 valence electrons. The van der Waals surface area contributed by atoms with Gasteiger partial charge in [0.25, 0.3) is 0 Å². The van der Waals surface area contributed by atoms with Crippen LogP contribution in [0.5, 0.6) is 0 Å². The van der Waals surface area contributed by atoms with Gasteiger partial charge in [0, 0.05) is 13.0 Å². The molecular formula is C15H20FNO2. The van der Waals surface area contributed by atoms with Crippen molar-refractivity contribution < 1.29 is 13.9 Å². The van der Waals surface area contributed by atoms with Gasteiger partial charge >= 0.3 is 0 Å². The first kappa shape index (κ1) is 14.0. The third-order valence-electron chi connectivity index (χ3n) is 3.46. The number of hydrogen-bond acceptors (Lipinski definition) is 2. The van der Waals surface area contributed by atoms with E-state index in [1.807, 2.05) is 24.8 Å². The Balaban J connectivity index is 1.94. The largest absolute Gasteiger partial charge is 0.377 e. The lowest BCUT2D eigenvalue weighted by Gasteiger charge is -2.42. The summed E-state index contributed by atoms with van der Waals surface area (Å²) in [5, 5.41) is 0. The Bertz CT molecular complexity index is 459. The standard InChI is InChI=1S/C15H20FNO2/c1-15(2)11-19-9-8-17(15)14(18)7-6-12-4-3-5-13(16)10-12/h3-5,10H,6-9,11H2,1-2H3. The number of carbonyl (C=O) groups excluding carboxylic acids is 1. The van der Waals surface area contributed by atoms with Gasteiger partial charge in [-0.1, -0.05) is 12.1 Å². The van der Waals surface area contributed by atoms with Crippen LogP contribution in [-0.4, -0.2) is 36.1 Å². The summed E-state index contributed by atoms with van der Waals surface area (Å²) >= 11 is 0. The summed E-state index contributed by atoms with van der Waals surface area (Å²) in [7, 11) is 0. The van der Waals surface area contributed by atoms with Crippen molar-refractivity contribution in [3.05, 3.63) is 35.6 Å². The lowest BCUT2D eigenvalue weighted by Crippen LogP contribution is -2.55. The molecule has 0 aliphatic carbocycles. The third-order valence-corrected chi connectivity index (χ3v) is 3.46.